The number of benzene rings is 1. The van der Waals surface area contributed by atoms with Gasteiger partial charge in [-0.25, -0.2) is 0 Å². The summed E-state index contributed by atoms with van der Waals surface area (Å²) in [4.78, 5) is 11.7. The normalized spacial score (nSPS) is 13.3. The van der Waals surface area contributed by atoms with Gasteiger partial charge in [-0.1, -0.05) is 93.2 Å². The summed E-state index contributed by atoms with van der Waals surface area (Å²) in [6.45, 7) is 29.6. The number of aryl methyl sites for hydroxylation is 1. The van der Waals surface area contributed by atoms with E-state index in [1.54, 1.807) is 14.2 Å². The second-order valence-corrected chi connectivity index (χ2v) is 15.4. The van der Waals surface area contributed by atoms with Gasteiger partial charge in [0.05, 0.1) is 7.11 Å². The molecule has 274 valence electrons. The Morgan fingerprint density at radius 2 is 1.62 bits per heavy atom. The lowest BCUT2D eigenvalue weighted by Gasteiger charge is -2.27. The maximum absolute atomic E-state index is 11.7. The van der Waals surface area contributed by atoms with Crippen LogP contribution in [0.5, 0.6) is 5.75 Å². The van der Waals surface area contributed by atoms with Gasteiger partial charge in [0.25, 0.3) is 0 Å². The minimum absolute atomic E-state index is 0.0226. The van der Waals surface area contributed by atoms with Crippen molar-refractivity contribution in [2.45, 2.75) is 114 Å². The molecular weight excluding hydrogens is 582 g/mol. The number of rotatable bonds is 22. The number of hydrogen-bond acceptors (Lipinski definition) is 6. The first kappa shape index (κ1) is 47.0. The van der Waals surface area contributed by atoms with Crippen LogP contribution in [0.2, 0.25) is 0 Å². The Kier molecular flexibility index (Phi) is 26.7. The van der Waals surface area contributed by atoms with E-state index in [-0.39, 0.29) is 11.3 Å². The van der Waals surface area contributed by atoms with Crippen LogP contribution in [0.1, 0.15) is 112 Å². The summed E-state index contributed by atoms with van der Waals surface area (Å²) in [6, 6.07) is 6.70. The average Bonchev–Trinajstić information content (AvgIpc) is 2.99. The molecule has 0 fully saturated rings. The van der Waals surface area contributed by atoms with Gasteiger partial charge in [-0.15, -0.1) is 0 Å². The van der Waals surface area contributed by atoms with Crippen LogP contribution in [0.3, 0.4) is 0 Å². The number of carbonyl (C=O) groups is 1. The molecule has 5 N–H and O–H groups in total. The smallest absolute Gasteiger partial charge is 0.123 e. The molecule has 6 nitrogen and oxygen atoms in total. The summed E-state index contributed by atoms with van der Waals surface area (Å²) in [7, 11) is 5.42. The number of nitrogens with one attached hydrogen (secondary N) is 1. The molecule has 6 heteroatoms. The van der Waals surface area contributed by atoms with E-state index in [1.807, 2.05) is 7.05 Å². The Hall–Kier alpha value is -2.15. The molecule has 1 rings (SSSR count). The van der Waals surface area contributed by atoms with Crippen molar-refractivity contribution >= 4 is 6.29 Å². The molecule has 0 aliphatic rings. The molecule has 47 heavy (non-hydrogen) atoms. The summed E-state index contributed by atoms with van der Waals surface area (Å²) < 4.78 is 10.8. The first-order valence-corrected chi connectivity index (χ1v) is 18.0. The fourth-order valence-electron chi connectivity index (χ4n) is 5.36. The van der Waals surface area contributed by atoms with Gasteiger partial charge in [0.1, 0.15) is 12.0 Å². The number of ether oxygens (including phenoxy) is 2. The van der Waals surface area contributed by atoms with Crippen LogP contribution >= 0.6 is 0 Å². The number of hydrogen-bond donors (Lipinski definition) is 3. The predicted molar refractivity (Wildman–Crippen MR) is 206 cm³/mol. The highest BCUT2D eigenvalue weighted by atomic mass is 16.5. The zero-order chi connectivity index (χ0) is 36.6. The molecule has 0 aliphatic carbocycles. The van der Waals surface area contributed by atoms with Crippen LogP contribution in [-0.4, -0.2) is 47.2 Å². The van der Waals surface area contributed by atoms with Crippen LogP contribution in [0.4, 0.5) is 0 Å². The molecular formula is C41H77N3O3. The fourth-order valence-corrected chi connectivity index (χ4v) is 5.36. The predicted octanol–water partition coefficient (Wildman–Crippen LogP) is 9.01. The van der Waals surface area contributed by atoms with Gasteiger partial charge in [-0.3, -0.25) is 0 Å². The van der Waals surface area contributed by atoms with Gasteiger partial charge in [0.15, 0.2) is 0 Å². The van der Waals surface area contributed by atoms with E-state index in [0.29, 0.717) is 30.2 Å². The molecule has 0 aliphatic heterocycles. The number of nitrogens with two attached hydrogens (primary N) is 2. The van der Waals surface area contributed by atoms with Gasteiger partial charge >= 0.3 is 0 Å². The van der Waals surface area contributed by atoms with Gasteiger partial charge in [0, 0.05) is 43.8 Å². The molecule has 0 saturated heterocycles. The Morgan fingerprint density at radius 1 is 1.00 bits per heavy atom. The van der Waals surface area contributed by atoms with Crippen molar-refractivity contribution < 1.29 is 14.3 Å². The van der Waals surface area contributed by atoms with E-state index >= 15 is 0 Å². The molecule has 0 amide bonds. The first-order chi connectivity index (χ1) is 22.0. The monoisotopic (exact) mass is 660 g/mol. The lowest BCUT2D eigenvalue weighted by Crippen LogP contribution is -2.31. The third-order valence-corrected chi connectivity index (χ3v) is 8.77. The second-order valence-electron chi connectivity index (χ2n) is 15.4. The summed E-state index contributed by atoms with van der Waals surface area (Å²) in [5.74, 6) is 3.94. The van der Waals surface area contributed by atoms with E-state index in [0.717, 1.165) is 93.7 Å². The van der Waals surface area contributed by atoms with Crippen LogP contribution in [0, 0.1) is 40.9 Å². The summed E-state index contributed by atoms with van der Waals surface area (Å²) in [5.41, 5.74) is 15.9. The third kappa shape index (κ3) is 22.9. The van der Waals surface area contributed by atoms with Crippen LogP contribution in [0.25, 0.3) is 0 Å². The van der Waals surface area contributed by atoms with Crippen molar-refractivity contribution in [2.24, 2.45) is 52.4 Å². The molecule has 2 unspecified atom stereocenters. The largest absolute Gasteiger partial charge is 0.496 e. The third-order valence-electron chi connectivity index (χ3n) is 8.77. The van der Waals surface area contributed by atoms with Crippen LogP contribution in [0.15, 0.2) is 42.6 Å². The van der Waals surface area contributed by atoms with E-state index in [1.165, 1.54) is 11.1 Å². The molecule has 1 aromatic carbocycles. The summed E-state index contributed by atoms with van der Waals surface area (Å²) in [5, 5.41) is 3.05. The molecule has 0 aromatic heterocycles. The molecule has 0 radical (unpaired) electrons. The highest BCUT2D eigenvalue weighted by Gasteiger charge is 2.23. The fraction of sp³-hybridized carbons (Fsp3) is 0.732. The van der Waals surface area contributed by atoms with Gasteiger partial charge in [-0.2, -0.15) is 0 Å². The lowest BCUT2D eigenvalue weighted by molar-refractivity contribution is -0.112. The summed E-state index contributed by atoms with van der Waals surface area (Å²) >= 11 is 0. The number of unbranched alkanes of at least 4 members (excludes halogenated alkanes) is 1. The van der Waals surface area contributed by atoms with Crippen molar-refractivity contribution in [1.29, 1.82) is 0 Å². The van der Waals surface area contributed by atoms with E-state index in [2.05, 4.69) is 99.0 Å². The lowest BCUT2D eigenvalue weighted by atomic mass is 9.78. The van der Waals surface area contributed by atoms with Crippen molar-refractivity contribution in [3.05, 3.63) is 53.8 Å². The first-order valence-electron chi connectivity index (χ1n) is 18.0. The van der Waals surface area contributed by atoms with Crippen molar-refractivity contribution in [3.8, 4) is 5.75 Å². The highest BCUT2D eigenvalue weighted by Crippen LogP contribution is 2.32. The molecule has 1 aromatic rings. The molecule has 0 spiro atoms. The Bertz CT molecular complexity index is 968. The Morgan fingerprint density at radius 3 is 2.04 bits per heavy atom. The maximum atomic E-state index is 11.7. The van der Waals surface area contributed by atoms with Crippen LogP contribution < -0.4 is 21.5 Å². The van der Waals surface area contributed by atoms with E-state index < -0.39 is 0 Å². The molecule has 0 saturated carbocycles. The molecule has 3 atom stereocenters. The number of aldehydes is 1. The SMILES string of the molecule is C=C(CN)C[C@H](CCC(Cc1ccc(OC)c(CCCCOC)c1)C(C)C)CC(C=O)C(C)C.C=C(N)C(C)(C)CNC.CC(C)C. The van der Waals surface area contributed by atoms with Gasteiger partial charge in [-0.05, 0) is 105 Å². The van der Waals surface area contributed by atoms with E-state index in [9.17, 15) is 4.79 Å². The quantitative estimate of drug-likeness (QED) is 0.0653. The number of methoxy groups -OCH3 is 2. The zero-order valence-corrected chi connectivity index (χ0v) is 32.8. The van der Waals surface area contributed by atoms with Crippen molar-refractivity contribution in [3.63, 3.8) is 0 Å². The van der Waals surface area contributed by atoms with Crippen molar-refractivity contribution in [2.75, 3.05) is 41.0 Å². The Balaban J connectivity index is 0. The van der Waals surface area contributed by atoms with E-state index in [4.69, 9.17) is 20.9 Å². The standard InChI is InChI=1S/C30H51NO3.C7H16N2.C4H10/c1-22(2)27(13-11-25(16-24(5)20-31)19-29(21-32)23(3)4)17-26-12-14-30(34-7)28(18-26)10-8-9-15-33-6;1-6(8)7(2,3)5-9-4;1-4(2)3/h12,14,18,21-23,25,27,29H,5,8-11,13,15-17,19-20,31H2,1-4,6-7H3;9H,1,5,8H2,2-4H3;4H,1-3H3/t25-,27?,29?;;/m0../s1. The van der Waals surface area contributed by atoms with Crippen LogP contribution in [-0.2, 0) is 22.4 Å². The Labute approximate surface area is 291 Å². The molecule has 0 bridgehead atoms. The number of carbonyl (C=O) groups excluding carboxylic acids is 1. The second kappa shape index (κ2) is 26.8. The molecule has 0 heterocycles. The topological polar surface area (TPSA) is 99.6 Å². The van der Waals surface area contributed by atoms with Gasteiger partial charge < -0.3 is 31.1 Å². The average molecular weight is 660 g/mol. The maximum Gasteiger partial charge on any atom is 0.123 e. The minimum atomic E-state index is 0.0226. The summed E-state index contributed by atoms with van der Waals surface area (Å²) in [6.07, 6.45) is 9.50. The highest BCUT2D eigenvalue weighted by molar-refractivity contribution is 5.53. The van der Waals surface area contributed by atoms with Crippen molar-refractivity contribution in [1.82, 2.24) is 5.32 Å². The minimum Gasteiger partial charge on any atom is -0.496 e. The zero-order valence-electron chi connectivity index (χ0n) is 32.8. The van der Waals surface area contributed by atoms with Gasteiger partial charge in [0.2, 0.25) is 0 Å².